The van der Waals surface area contributed by atoms with Gasteiger partial charge in [-0.25, -0.2) is 4.39 Å². The van der Waals surface area contributed by atoms with Gasteiger partial charge in [-0.15, -0.1) is 0 Å². The third-order valence-electron chi connectivity index (χ3n) is 4.34. The molecule has 7 heteroatoms. The highest BCUT2D eigenvalue weighted by Crippen LogP contribution is 2.31. The minimum absolute atomic E-state index is 0.0191. The summed E-state index contributed by atoms with van der Waals surface area (Å²) in [5.74, 6) is -2.51. The number of halogens is 1. The maximum Gasteiger partial charge on any atom is 0.325 e. The van der Waals surface area contributed by atoms with E-state index in [9.17, 15) is 18.8 Å². The van der Waals surface area contributed by atoms with E-state index in [1.54, 1.807) is 4.90 Å². The first-order chi connectivity index (χ1) is 13.0. The van der Waals surface area contributed by atoms with Gasteiger partial charge in [-0.1, -0.05) is 30.3 Å². The summed E-state index contributed by atoms with van der Waals surface area (Å²) in [5, 5.41) is 2.28. The number of esters is 1. The average Bonchev–Trinajstić information content (AvgIpc) is 3.00. The first-order valence-electron chi connectivity index (χ1n) is 8.55. The van der Waals surface area contributed by atoms with Crippen LogP contribution in [0.15, 0.2) is 48.5 Å². The number of carbonyl (C=O) groups excluding carboxylic acids is 3. The number of rotatable bonds is 5. The molecule has 3 rings (SSSR count). The number of carbonyl (C=O) groups is 3. The molecule has 6 nitrogen and oxygen atoms in total. The second kappa shape index (κ2) is 7.99. The fourth-order valence-electron chi connectivity index (χ4n) is 3.10. The third kappa shape index (κ3) is 4.13. The molecule has 1 heterocycles. The molecule has 1 aliphatic heterocycles. The highest BCUT2D eigenvalue weighted by atomic mass is 19.1. The van der Waals surface area contributed by atoms with Crippen LogP contribution in [0.25, 0.3) is 0 Å². The number of benzene rings is 2. The summed E-state index contributed by atoms with van der Waals surface area (Å²) < 4.78 is 18.5. The molecule has 0 bridgehead atoms. The molecule has 0 saturated heterocycles. The Bertz CT molecular complexity index is 884. The standard InChI is InChI=1S/C20H19FN2O4/c1-13-10-14-6-2-5-9-17(14)23(13)18(24)12-27-19(25)11-22-20(26)15-7-3-4-8-16(15)21/h2-9,13H,10-12H2,1H3,(H,22,26)/t13-/m1/s1. The minimum Gasteiger partial charge on any atom is -0.454 e. The summed E-state index contributed by atoms with van der Waals surface area (Å²) in [6.07, 6.45) is 0.745. The fourth-order valence-corrected chi connectivity index (χ4v) is 3.10. The molecule has 2 aromatic rings. The first kappa shape index (κ1) is 18.6. The van der Waals surface area contributed by atoms with Crippen molar-refractivity contribution in [1.29, 1.82) is 0 Å². The minimum atomic E-state index is -0.770. The Morgan fingerprint density at radius 1 is 1.15 bits per heavy atom. The zero-order valence-electron chi connectivity index (χ0n) is 14.8. The van der Waals surface area contributed by atoms with E-state index in [-0.39, 0.29) is 17.5 Å². The Labute approximate surface area is 155 Å². The van der Waals surface area contributed by atoms with E-state index in [1.165, 1.54) is 18.2 Å². The number of nitrogens with zero attached hydrogens (tertiary/aromatic N) is 1. The Kier molecular flexibility index (Phi) is 5.49. The van der Waals surface area contributed by atoms with E-state index in [1.807, 2.05) is 31.2 Å². The summed E-state index contributed by atoms with van der Waals surface area (Å²) in [5.41, 5.74) is 1.73. The quantitative estimate of drug-likeness (QED) is 0.818. The van der Waals surface area contributed by atoms with Crippen molar-refractivity contribution < 1.29 is 23.5 Å². The normalized spacial score (nSPS) is 15.2. The number of nitrogens with one attached hydrogen (secondary N) is 1. The van der Waals surface area contributed by atoms with Gasteiger partial charge in [0.05, 0.1) is 5.56 Å². The molecule has 0 aromatic heterocycles. The van der Waals surface area contributed by atoms with Crippen LogP contribution in [-0.4, -0.2) is 37.0 Å². The number of para-hydroxylation sites is 1. The molecule has 0 radical (unpaired) electrons. The molecular formula is C20H19FN2O4. The van der Waals surface area contributed by atoms with Crippen LogP contribution in [0.1, 0.15) is 22.8 Å². The molecule has 2 aromatic carbocycles. The lowest BCUT2D eigenvalue weighted by molar-refractivity contribution is -0.146. The lowest BCUT2D eigenvalue weighted by Crippen LogP contribution is -2.39. The predicted octanol–water partition coefficient (Wildman–Crippen LogP) is 2.08. The Balaban J connectivity index is 1.50. The number of fused-ring (bicyclic) bond motifs is 1. The molecule has 140 valence electrons. The molecule has 1 aliphatic rings. The Hall–Kier alpha value is -3.22. The predicted molar refractivity (Wildman–Crippen MR) is 96.8 cm³/mol. The van der Waals surface area contributed by atoms with Gasteiger partial charge >= 0.3 is 5.97 Å². The van der Waals surface area contributed by atoms with Crippen LogP contribution < -0.4 is 10.2 Å². The summed E-state index contributed by atoms with van der Waals surface area (Å²) in [6, 6.07) is 13.0. The molecule has 27 heavy (non-hydrogen) atoms. The highest BCUT2D eigenvalue weighted by Gasteiger charge is 2.30. The van der Waals surface area contributed by atoms with Crippen LogP contribution >= 0.6 is 0 Å². The van der Waals surface area contributed by atoms with Gasteiger partial charge in [0.15, 0.2) is 6.61 Å². The Morgan fingerprint density at radius 3 is 2.63 bits per heavy atom. The van der Waals surface area contributed by atoms with Crippen LogP contribution in [0, 0.1) is 5.82 Å². The van der Waals surface area contributed by atoms with Crippen LogP contribution in [-0.2, 0) is 20.7 Å². The topological polar surface area (TPSA) is 75.7 Å². The van der Waals surface area contributed by atoms with E-state index in [0.717, 1.165) is 23.7 Å². The molecule has 0 aliphatic carbocycles. The second-order valence-corrected chi connectivity index (χ2v) is 6.27. The monoisotopic (exact) mass is 370 g/mol. The van der Waals surface area contributed by atoms with Gasteiger partial charge in [-0.3, -0.25) is 14.4 Å². The van der Waals surface area contributed by atoms with E-state index in [4.69, 9.17) is 4.74 Å². The zero-order chi connectivity index (χ0) is 19.4. The second-order valence-electron chi connectivity index (χ2n) is 6.27. The van der Waals surface area contributed by atoms with Crippen molar-refractivity contribution in [3.05, 3.63) is 65.5 Å². The molecule has 0 saturated carbocycles. The number of hydrogen-bond donors (Lipinski definition) is 1. The van der Waals surface area contributed by atoms with Gasteiger partial charge in [0.2, 0.25) is 0 Å². The lowest BCUT2D eigenvalue weighted by Gasteiger charge is -2.22. The summed E-state index contributed by atoms with van der Waals surface area (Å²) in [4.78, 5) is 37.7. The van der Waals surface area contributed by atoms with Gasteiger partial charge in [-0.05, 0) is 37.1 Å². The molecule has 0 fully saturated rings. The smallest absolute Gasteiger partial charge is 0.325 e. The summed E-state index contributed by atoms with van der Waals surface area (Å²) in [7, 11) is 0. The van der Waals surface area contributed by atoms with Crippen molar-refractivity contribution in [3.8, 4) is 0 Å². The SMILES string of the molecule is C[C@@H]1Cc2ccccc2N1C(=O)COC(=O)CNC(=O)c1ccccc1F. The van der Waals surface area contributed by atoms with Crippen molar-refractivity contribution in [2.45, 2.75) is 19.4 Å². The van der Waals surface area contributed by atoms with Crippen LogP contribution in [0.4, 0.5) is 10.1 Å². The number of amides is 2. The number of ether oxygens (including phenoxy) is 1. The number of anilines is 1. The van der Waals surface area contributed by atoms with Gasteiger partial charge in [0, 0.05) is 11.7 Å². The van der Waals surface area contributed by atoms with Crippen LogP contribution in [0.3, 0.4) is 0 Å². The van der Waals surface area contributed by atoms with E-state index in [0.29, 0.717) is 0 Å². The molecule has 2 amide bonds. The van der Waals surface area contributed by atoms with Crippen molar-refractivity contribution in [1.82, 2.24) is 5.32 Å². The highest BCUT2D eigenvalue weighted by molar-refractivity contribution is 5.98. The van der Waals surface area contributed by atoms with Crippen molar-refractivity contribution >= 4 is 23.5 Å². The maximum atomic E-state index is 13.5. The largest absolute Gasteiger partial charge is 0.454 e. The third-order valence-corrected chi connectivity index (χ3v) is 4.34. The van der Waals surface area contributed by atoms with Crippen LogP contribution in [0.2, 0.25) is 0 Å². The van der Waals surface area contributed by atoms with Gasteiger partial charge in [0.25, 0.3) is 11.8 Å². The molecule has 0 unspecified atom stereocenters. The maximum absolute atomic E-state index is 13.5. The molecular weight excluding hydrogens is 351 g/mol. The fraction of sp³-hybridized carbons (Fsp3) is 0.250. The zero-order valence-corrected chi connectivity index (χ0v) is 14.8. The molecule has 1 atom stereocenters. The average molecular weight is 370 g/mol. The molecule has 1 N–H and O–H groups in total. The lowest BCUT2D eigenvalue weighted by atomic mass is 10.1. The summed E-state index contributed by atoms with van der Waals surface area (Å²) >= 11 is 0. The van der Waals surface area contributed by atoms with Gasteiger partial charge in [0.1, 0.15) is 12.4 Å². The van der Waals surface area contributed by atoms with Crippen LogP contribution in [0.5, 0.6) is 0 Å². The van der Waals surface area contributed by atoms with Gasteiger partial charge in [-0.2, -0.15) is 0 Å². The van der Waals surface area contributed by atoms with Crippen molar-refractivity contribution in [2.75, 3.05) is 18.1 Å². The number of hydrogen-bond acceptors (Lipinski definition) is 4. The first-order valence-corrected chi connectivity index (χ1v) is 8.55. The van der Waals surface area contributed by atoms with Crippen molar-refractivity contribution in [3.63, 3.8) is 0 Å². The van der Waals surface area contributed by atoms with E-state index >= 15 is 0 Å². The molecule has 0 spiro atoms. The van der Waals surface area contributed by atoms with Gasteiger partial charge < -0.3 is 15.0 Å². The summed E-state index contributed by atoms with van der Waals surface area (Å²) in [6.45, 7) is 1.05. The van der Waals surface area contributed by atoms with E-state index < -0.39 is 30.8 Å². The Morgan fingerprint density at radius 2 is 1.85 bits per heavy atom. The van der Waals surface area contributed by atoms with E-state index in [2.05, 4.69) is 5.32 Å². The van der Waals surface area contributed by atoms with Crippen molar-refractivity contribution in [2.24, 2.45) is 0 Å².